The Balaban J connectivity index is 2.13. The van der Waals surface area contributed by atoms with Gasteiger partial charge in [-0.3, -0.25) is 4.79 Å². The first kappa shape index (κ1) is 59.1. The maximum absolute atomic E-state index is 13.0. The van der Waals surface area contributed by atoms with Crippen molar-refractivity contribution in [2.75, 3.05) is 13.2 Å². The van der Waals surface area contributed by atoms with Crippen LogP contribution in [-0.2, 0) is 14.3 Å². The van der Waals surface area contributed by atoms with E-state index in [9.17, 15) is 40.5 Å². The van der Waals surface area contributed by atoms with E-state index in [1.54, 1.807) is 0 Å². The largest absolute Gasteiger partial charge is 0.394 e. The van der Waals surface area contributed by atoms with Crippen molar-refractivity contribution in [1.29, 1.82) is 0 Å². The summed E-state index contributed by atoms with van der Waals surface area (Å²) in [5.74, 6) is -0.696. The van der Waals surface area contributed by atoms with Crippen molar-refractivity contribution < 1.29 is 50.0 Å². The molecule has 370 valence electrons. The number of ether oxygens (including phenoxy) is 2. The van der Waals surface area contributed by atoms with Gasteiger partial charge in [0.25, 0.3) is 0 Å². The summed E-state index contributed by atoms with van der Waals surface area (Å²) in [7, 11) is 0. The van der Waals surface area contributed by atoms with E-state index in [2.05, 4.69) is 19.2 Å². The minimum Gasteiger partial charge on any atom is -0.394 e. The third kappa shape index (κ3) is 30.3. The number of aliphatic hydroxyl groups is 7. The first-order valence-electron chi connectivity index (χ1n) is 26.4. The molecule has 0 spiro atoms. The molecular weight excluding hydrogens is 787 g/mol. The van der Waals surface area contributed by atoms with Gasteiger partial charge in [-0.05, 0) is 12.8 Å². The summed E-state index contributed by atoms with van der Waals surface area (Å²) in [5, 5.41) is 75.3. The van der Waals surface area contributed by atoms with Gasteiger partial charge in [0.1, 0.15) is 36.6 Å². The van der Waals surface area contributed by atoms with E-state index in [1.807, 2.05) is 0 Å². The van der Waals surface area contributed by atoms with Crippen LogP contribution in [0, 0.1) is 0 Å². The zero-order valence-corrected chi connectivity index (χ0v) is 40.1. The maximum Gasteiger partial charge on any atom is 0.249 e. The third-order valence-corrected chi connectivity index (χ3v) is 13.2. The second kappa shape index (κ2) is 41.5. The Morgan fingerprint density at radius 3 is 1.19 bits per heavy atom. The van der Waals surface area contributed by atoms with Gasteiger partial charge in [0, 0.05) is 0 Å². The molecule has 8 N–H and O–H groups in total. The summed E-state index contributed by atoms with van der Waals surface area (Å²) in [6.07, 6.45) is 33.7. The topological polar surface area (TPSA) is 189 Å². The highest BCUT2D eigenvalue weighted by Crippen LogP contribution is 2.23. The fourth-order valence-electron chi connectivity index (χ4n) is 8.80. The molecule has 9 unspecified atom stereocenters. The Kier molecular flexibility index (Phi) is 39.6. The molecule has 0 radical (unpaired) electrons. The zero-order valence-electron chi connectivity index (χ0n) is 40.1. The number of nitrogens with one attached hydrogen (secondary N) is 1. The first-order chi connectivity index (χ1) is 30.2. The second-order valence-electron chi connectivity index (χ2n) is 19.0. The van der Waals surface area contributed by atoms with Gasteiger partial charge in [-0.15, -0.1) is 0 Å². The molecule has 0 aromatic heterocycles. The Bertz CT molecular complexity index is 975. The number of aliphatic hydroxyl groups excluding tert-OH is 7. The molecule has 1 heterocycles. The van der Waals surface area contributed by atoms with Crippen LogP contribution in [0.4, 0.5) is 0 Å². The van der Waals surface area contributed by atoms with Gasteiger partial charge in [-0.2, -0.15) is 0 Å². The fourth-order valence-corrected chi connectivity index (χ4v) is 8.80. The number of carbonyl (C=O) groups excluding carboxylic acids is 1. The second-order valence-corrected chi connectivity index (χ2v) is 19.0. The van der Waals surface area contributed by atoms with E-state index < -0.39 is 74.2 Å². The molecule has 1 rings (SSSR count). The summed E-state index contributed by atoms with van der Waals surface area (Å²) < 4.78 is 11.0. The Labute approximate surface area is 379 Å². The summed E-state index contributed by atoms with van der Waals surface area (Å²) in [5.41, 5.74) is 0. The van der Waals surface area contributed by atoms with Crippen LogP contribution in [-0.4, -0.2) is 110 Å². The van der Waals surface area contributed by atoms with Crippen LogP contribution in [0.5, 0.6) is 0 Å². The van der Waals surface area contributed by atoms with Crippen molar-refractivity contribution in [2.45, 2.75) is 306 Å². The lowest BCUT2D eigenvalue weighted by Gasteiger charge is -2.40. The molecule has 1 amide bonds. The van der Waals surface area contributed by atoms with E-state index >= 15 is 0 Å². The highest BCUT2D eigenvalue weighted by atomic mass is 16.7. The quantitative estimate of drug-likeness (QED) is 0.0273. The lowest BCUT2D eigenvalue weighted by Crippen LogP contribution is -2.60. The fraction of sp³-hybridized carbons (Fsp3) is 0.980. The van der Waals surface area contributed by atoms with Gasteiger partial charge >= 0.3 is 0 Å². The van der Waals surface area contributed by atoms with Gasteiger partial charge in [0.15, 0.2) is 6.29 Å². The van der Waals surface area contributed by atoms with E-state index in [0.29, 0.717) is 19.3 Å². The summed E-state index contributed by atoms with van der Waals surface area (Å²) in [4.78, 5) is 13.0. The molecule has 0 aliphatic carbocycles. The van der Waals surface area contributed by atoms with E-state index in [1.165, 1.54) is 161 Å². The van der Waals surface area contributed by atoms with Crippen molar-refractivity contribution in [2.24, 2.45) is 0 Å². The number of rotatable bonds is 45. The Hall–Kier alpha value is -0.890. The molecule has 1 fully saturated rings. The summed E-state index contributed by atoms with van der Waals surface area (Å²) in [6.45, 7) is 3.38. The number of carbonyl (C=O) groups is 1. The van der Waals surface area contributed by atoms with Crippen LogP contribution in [0.2, 0.25) is 0 Å². The van der Waals surface area contributed by atoms with E-state index in [-0.39, 0.29) is 6.42 Å². The number of amides is 1. The van der Waals surface area contributed by atoms with Crippen LogP contribution in [0.1, 0.15) is 251 Å². The normalized spacial score (nSPS) is 21.2. The minimum atomic E-state index is -1.65. The van der Waals surface area contributed by atoms with Crippen LogP contribution >= 0.6 is 0 Å². The predicted octanol–water partition coefficient (Wildman–Crippen LogP) is 9.84. The van der Waals surface area contributed by atoms with Crippen molar-refractivity contribution >= 4 is 5.91 Å². The molecule has 0 aromatic rings. The Morgan fingerprint density at radius 2 is 0.839 bits per heavy atom. The molecule has 9 atom stereocenters. The smallest absolute Gasteiger partial charge is 0.249 e. The lowest BCUT2D eigenvalue weighted by atomic mass is 9.98. The molecule has 0 bridgehead atoms. The number of hydrogen-bond donors (Lipinski definition) is 8. The average molecular weight is 888 g/mol. The molecule has 62 heavy (non-hydrogen) atoms. The van der Waals surface area contributed by atoms with Crippen molar-refractivity contribution in [3.63, 3.8) is 0 Å². The van der Waals surface area contributed by atoms with E-state index in [4.69, 9.17) is 9.47 Å². The summed E-state index contributed by atoms with van der Waals surface area (Å²) >= 11 is 0. The number of unbranched alkanes of at least 4 members (excludes halogenated alkanes) is 33. The Morgan fingerprint density at radius 1 is 0.500 bits per heavy atom. The minimum absolute atomic E-state index is 0.266. The molecular formula is C51H101NO10. The lowest BCUT2D eigenvalue weighted by molar-refractivity contribution is -0.303. The van der Waals surface area contributed by atoms with Crippen LogP contribution in [0.25, 0.3) is 0 Å². The van der Waals surface area contributed by atoms with E-state index in [0.717, 1.165) is 51.4 Å². The molecule has 0 saturated carbocycles. The average Bonchev–Trinajstić information content (AvgIpc) is 3.27. The van der Waals surface area contributed by atoms with Gasteiger partial charge in [0.05, 0.1) is 25.4 Å². The van der Waals surface area contributed by atoms with Gasteiger partial charge in [-0.1, -0.05) is 239 Å². The number of hydrogen-bond acceptors (Lipinski definition) is 10. The van der Waals surface area contributed by atoms with Crippen molar-refractivity contribution in [1.82, 2.24) is 5.32 Å². The standard InChI is InChI=1S/C51H101NO10/c1-3-5-7-9-11-12-13-14-15-16-17-18-19-20-21-22-23-24-25-26-27-28-29-30-31-32-33-35-37-39-44(55)50(60)52-42(46(56)43(54)38-36-34-10-8-6-4-2)41-61-51-49(59)48(58)47(57)45(40-53)62-51/h42-49,51,53-59H,3-41H2,1-2H3,(H,52,60). The SMILES string of the molecule is CCCCCCCCCCCCCCCCCCCCCCCCCCCCCCCC(O)C(=O)NC(COC1OC(CO)C(O)C(O)C1O)C(O)C(O)CCCCCCCC. The molecule has 1 aliphatic rings. The van der Waals surface area contributed by atoms with Gasteiger partial charge in [0.2, 0.25) is 5.91 Å². The van der Waals surface area contributed by atoms with Crippen LogP contribution < -0.4 is 5.32 Å². The highest BCUT2D eigenvalue weighted by molar-refractivity contribution is 5.80. The molecule has 1 saturated heterocycles. The van der Waals surface area contributed by atoms with Crippen LogP contribution in [0.15, 0.2) is 0 Å². The third-order valence-electron chi connectivity index (χ3n) is 13.2. The molecule has 1 aliphatic heterocycles. The van der Waals surface area contributed by atoms with Gasteiger partial charge < -0.3 is 50.5 Å². The predicted molar refractivity (Wildman–Crippen MR) is 252 cm³/mol. The molecule has 11 heteroatoms. The molecule has 0 aromatic carbocycles. The van der Waals surface area contributed by atoms with Crippen molar-refractivity contribution in [3.8, 4) is 0 Å². The zero-order chi connectivity index (χ0) is 45.5. The van der Waals surface area contributed by atoms with Crippen LogP contribution in [0.3, 0.4) is 0 Å². The first-order valence-corrected chi connectivity index (χ1v) is 26.4. The monoisotopic (exact) mass is 888 g/mol. The molecule has 11 nitrogen and oxygen atoms in total. The highest BCUT2D eigenvalue weighted by Gasteiger charge is 2.44. The maximum atomic E-state index is 13.0. The van der Waals surface area contributed by atoms with Crippen molar-refractivity contribution in [3.05, 3.63) is 0 Å². The summed E-state index contributed by atoms with van der Waals surface area (Å²) in [6, 6.07) is -1.16. The van der Waals surface area contributed by atoms with Gasteiger partial charge in [-0.25, -0.2) is 0 Å².